The van der Waals surface area contributed by atoms with Crippen LogP contribution in [0.5, 0.6) is 0 Å². The molecule has 1 unspecified atom stereocenters. The molecule has 6 nitrogen and oxygen atoms in total. The Morgan fingerprint density at radius 3 is 0.873 bits per heavy atom. The Morgan fingerprint density at radius 2 is 0.549 bits per heavy atom. The van der Waals surface area contributed by atoms with Gasteiger partial charge in [-0.1, -0.05) is 252 Å². The van der Waals surface area contributed by atoms with Crippen molar-refractivity contribution in [2.45, 2.75) is 271 Å². The Morgan fingerprint density at radius 1 is 0.296 bits per heavy atom. The highest BCUT2D eigenvalue weighted by Crippen LogP contribution is 2.15. The fourth-order valence-electron chi connectivity index (χ4n) is 7.93. The number of allylic oxidation sites excluding steroid dienone is 18. The number of esters is 3. The van der Waals surface area contributed by atoms with Crippen LogP contribution >= 0.6 is 0 Å². The molecule has 0 N–H and O–H groups in total. The maximum absolute atomic E-state index is 12.9. The zero-order valence-corrected chi connectivity index (χ0v) is 46.2. The molecule has 0 aromatic heterocycles. The lowest BCUT2D eigenvalue weighted by Crippen LogP contribution is -2.30. The summed E-state index contributed by atoms with van der Waals surface area (Å²) in [4.78, 5) is 38.2. The van der Waals surface area contributed by atoms with Crippen molar-refractivity contribution in [1.82, 2.24) is 0 Å². The zero-order chi connectivity index (χ0) is 51.4. The normalized spacial score (nSPS) is 12.9. The van der Waals surface area contributed by atoms with E-state index in [2.05, 4.69) is 130 Å². The van der Waals surface area contributed by atoms with Crippen molar-refractivity contribution in [2.75, 3.05) is 13.2 Å². The molecule has 0 spiro atoms. The van der Waals surface area contributed by atoms with Crippen molar-refractivity contribution < 1.29 is 28.6 Å². The quantitative estimate of drug-likeness (QED) is 0.0261. The molecule has 0 amide bonds. The maximum Gasteiger partial charge on any atom is 0.306 e. The Hall–Kier alpha value is -3.93. The van der Waals surface area contributed by atoms with Crippen LogP contribution in [-0.2, 0) is 28.6 Å². The van der Waals surface area contributed by atoms with Crippen LogP contribution in [0.1, 0.15) is 265 Å². The summed E-state index contributed by atoms with van der Waals surface area (Å²) in [5.74, 6) is -0.927. The second-order valence-corrected chi connectivity index (χ2v) is 19.1. The van der Waals surface area contributed by atoms with E-state index in [4.69, 9.17) is 14.2 Å². The highest BCUT2D eigenvalue weighted by atomic mass is 16.6. The minimum absolute atomic E-state index is 0.0920. The molecule has 0 bridgehead atoms. The lowest BCUT2D eigenvalue weighted by atomic mass is 10.1. The van der Waals surface area contributed by atoms with Gasteiger partial charge in [0.15, 0.2) is 6.10 Å². The molecule has 0 aromatic carbocycles. The fraction of sp³-hybridized carbons (Fsp3) is 0.677. The lowest BCUT2D eigenvalue weighted by molar-refractivity contribution is -0.167. The predicted molar refractivity (Wildman–Crippen MR) is 307 cm³/mol. The van der Waals surface area contributed by atoms with Crippen LogP contribution in [0.15, 0.2) is 109 Å². The summed E-state index contributed by atoms with van der Waals surface area (Å²) in [5, 5.41) is 0. The monoisotopic (exact) mass is 985 g/mol. The second-order valence-electron chi connectivity index (χ2n) is 19.1. The second kappa shape index (κ2) is 58.6. The molecule has 1 atom stereocenters. The van der Waals surface area contributed by atoms with Crippen molar-refractivity contribution in [3.05, 3.63) is 109 Å². The van der Waals surface area contributed by atoms with E-state index in [1.54, 1.807) is 0 Å². The van der Waals surface area contributed by atoms with Gasteiger partial charge in [0, 0.05) is 19.3 Å². The molecule has 0 saturated heterocycles. The van der Waals surface area contributed by atoms with Gasteiger partial charge < -0.3 is 14.2 Å². The number of carbonyl (C=O) groups is 3. The Balaban J connectivity index is 4.38. The van der Waals surface area contributed by atoms with Crippen molar-refractivity contribution in [1.29, 1.82) is 0 Å². The first-order chi connectivity index (χ1) is 35.0. The molecule has 404 valence electrons. The fourth-order valence-corrected chi connectivity index (χ4v) is 7.93. The molecule has 0 saturated carbocycles. The molecule has 0 rings (SSSR count). The smallest absolute Gasteiger partial charge is 0.306 e. The van der Waals surface area contributed by atoms with Crippen molar-refractivity contribution >= 4 is 17.9 Å². The summed E-state index contributed by atoms with van der Waals surface area (Å²) in [6.07, 6.45) is 79.4. The van der Waals surface area contributed by atoms with Gasteiger partial charge in [-0.2, -0.15) is 0 Å². The van der Waals surface area contributed by atoms with E-state index in [-0.39, 0.29) is 37.5 Å². The molecule has 0 heterocycles. The third-order valence-corrected chi connectivity index (χ3v) is 12.3. The van der Waals surface area contributed by atoms with Crippen LogP contribution in [0.25, 0.3) is 0 Å². The first-order valence-electron chi connectivity index (χ1n) is 29.4. The van der Waals surface area contributed by atoms with Gasteiger partial charge >= 0.3 is 17.9 Å². The lowest BCUT2D eigenvalue weighted by Gasteiger charge is -2.18. The summed E-state index contributed by atoms with van der Waals surface area (Å²) < 4.78 is 16.8. The minimum atomic E-state index is -0.797. The summed E-state index contributed by atoms with van der Waals surface area (Å²) in [6.45, 7) is 6.38. The number of unbranched alkanes of at least 4 members (excludes halogenated alkanes) is 23. The molecule has 0 fully saturated rings. The molecule has 0 radical (unpaired) electrons. The summed E-state index contributed by atoms with van der Waals surface area (Å²) >= 11 is 0. The van der Waals surface area contributed by atoms with Crippen LogP contribution in [0.3, 0.4) is 0 Å². The Kier molecular flexibility index (Phi) is 55.4. The van der Waals surface area contributed by atoms with Crippen LogP contribution < -0.4 is 0 Å². The van der Waals surface area contributed by atoms with Gasteiger partial charge in [0.1, 0.15) is 13.2 Å². The predicted octanol–water partition coefficient (Wildman–Crippen LogP) is 19.9. The molecular weight excluding hydrogens is 877 g/mol. The summed E-state index contributed by atoms with van der Waals surface area (Å²) in [7, 11) is 0. The average Bonchev–Trinajstić information content (AvgIpc) is 3.37. The number of carbonyl (C=O) groups excluding carboxylic acids is 3. The van der Waals surface area contributed by atoms with Gasteiger partial charge in [0.2, 0.25) is 0 Å². The van der Waals surface area contributed by atoms with E-state index >= 15 is 0 Å². The molecule has 6 heteroatoms. The molecule has 0 aliphatic heterocycles. The highest BCUT2D eigenvalue weighted by Gasteiger charge is 2.19. The Bertz CT molecular complexity index is 1460. The maximum atomic E-state index is 12.9. The van der Waals surface area contributed by atoms with Gasteiger partial charge in [-0.15, -0.1) is 0 Å². The first-order valence-corrected chi connectivity index (χ1v) is 29.4. The SMILES string of the molecule is CC/C=C\C/C=C\C/C=C\C/C=C\C/C=C\CCCCCC(=O)OC(COC(=O)CCCCCCCCCCCCC)COC(=O)CCCCCCCCCCCC/C=C\C/C=C\C/C=C\C/C=C\CC. The third kappa shape index (κ3) is 56.9. The minimum Gasteiger partial charge on any atom is -0.462 e. The molecule has 71 heavy (non-hydrogen) atoms. The number of hydrogen-bond acceptors (Lipinski definition) is 6. The zero-order valence-electron chi connectivity index (χ0n) is 46.2. The van der Waals surface area contributed by atoms with E-state index < -0.39 is 6.10 Å². The van der Waals surface area contributed by atoms with Gasteiger partial charge in [0.25, 0.3) is 0 Å². The molecule has 0 aromatic rings. The molecular formula is C65H108O6. The standard InChI is InChI=1S/C65H108O6/c1-4-7-10-13-16-19-22-24-26-28-30-31-32-33-35-36-38-40-43-46-49-52-55-58-64(67)70-61-62(60-69-63(66)57-54-51-48-45-42-21-18-15-12-9-6-3)71-65(68)59-56-53-50-47-44-41-39-37-34-29-27-25-23-20-17-14-11-8-5-2/h7-8,10-11,16-17,19-20,24-27,30-31,34,37,41,44,62H,4-6,9,12-15,18,21-23,28-29,32-33,35-36,38-40,42-43,45-61H2,1-3H3/b10-7-,11-8-,19-16-,20-17-,26-24-,27-25-,31-30-,37-34-,44-41-. The Labute approximate surface area is 438 Å². The summed E-state index contributed by atoms with van der Waals surface area (Å²) in [6, 6.07) is 0. The van der Waals surface area contributed by atoms with Gasteiger partial charge in [-0.3, -0.25) is 14.4 Å². The van der Waals surface area contributed by atoms with E-state index in [0.717, 1.165) is 122 Å². The molecule has 0 aliphatic rings. The van der Waals surface area contributed by atoms with E-state index in [1.807, 2.05) is 0 Å². The van der Waals surface area contributed by atoms with Crippen molar-refractivity contribution in [3.8, 4) is 0 Å². The average molecular weight is 986 g/mol. The largest absolute Gasteiger partial charge is 0.462 e. The van der Waals surface area contributed by atoms with Crippen LogP contribution in [0.2, 0.25) is 0 Å². The van der Waals surface area contributed by atoms with Crippen molar-refractivity contribution in [2.24, 2.45) is 0 Å². The van der Waals surface area contributed by atoms with Gasteiger partial charge in [-0.25, -0.2) is 0 Å². The van der Waals surface area contributed by atoms with Gasteiger partial charge in [-0.05, 0) is 103 Å². The van der Waals surface area contributed by atoms with Crippen LogP contribution in [0, 0.1) is 0 Å². The van der Waals surface area contributed by atoms with Crippen LogP contribution in [0.4, 0.5) is 0 Å². The van der Waals surface area contributed by atoms with Crippen LogP contribution in [-0.4, -0.2) is 37.2 Å². The highest BCUT2D eigenvalue weighted by molar-refractivity contribution is 5.71. The number of hydrogen-bond donors (Lipinski definition) is 0. The summed E-state index contributed by atoms with van der Waals surface area (Å²) in [5.41, 5.74) is 0. The van der Waals surface area contributed by atoms with E-state index in [9.17, 15) is 14.4 Å². The van der Waals surface area contributed by atoms with E-state index in [0.29, 0.717) is 12.8 Å². The number of rotatable bonds is 52. The number of ether oxygens (including phenoxy) is 3. The first kappa shape index (κ1) is 67.1. The molecule has 0 aliphatic carbocycles. The van der Waals surface area contributed by atoms with E-state index in [1.165, 1.54) is 103 Å². The van der Waals surface area contributed by atoms with Gasteiger partial charge in [0.05, 0.1) is 0 Å². The van der Waals surface area contributed by atoms with Crippen molar-refractivity contribution in [3.63, 3.8) is 0 Å². The topological polar surface area (TPSA) is 78.9 Å². The third-order valence-electron chi connectivity index (χ3n) is 12.3.